The van der Waals surface area contributed by atoms with Crippen LogP contribution in [-0.4, -0.2) is 150 Å². The number of rotatable bonds is 7. The molecule has 0 aromatic rings. The van der Waals surface area contributed by atoms with Gasteiger partial charge in [-0.05, 0) is 125 Å². The second-order valence-electron chi connectivity index (χ2n) is 20.6. The highest BCUT2D eigenvalue weighted by Crippen LogP contribution is 2.72. The van der Waals surface area contributed by atoms with Gasteiger partial charge in [-0.15, -0.1) is 0 Å². The maximum atomic E-state index is 12.3. The van der Waals surface area contributed by atoms with Gasteiger partial charge in [0.2, 0.25) is 0 Å². The highest BCUT2D eigenvalue weighted by Gasteiger charge is 2.70. The molecule has 9 N–H and O–H groups in total. The molecule has 3 saturated heterocycles. The molecule has 14 heteroatoms. The van der Waals surface area contributed by atoms with Crippen molar-refractivity contribution in [3.05, 3.63) is 0 Å². The van der Waals surface area contributed by atoms with E-state index in [0.29, 0.717) is 25.7 Å². The minimum Gasteiger partial charge on any atom is -0.394 e. The van der Waals surface area contributed by atoms with Crippen molar-refractivity contribution < 1.29 is 69.6 Å². The van der Waals surface area contributed by atoms with Crippen molar-refractivity contribution in [1.82, 2.24) is 0 Å². The van der Waals surface area contributed by atoms with Crippen molar-refractivity contribution in [2.24, 2.45) is 45.8 Å². The van der Waals surface area contributed by atoms with E-state index in [1.54, 1.807) is 13.8 Å². The molecule has 55 heavy (non-hydrogen) atoms. The number of ether oxygens (including phenoxy) is 5. The zero-order valence-electron chi connectivity index (χ0n) is 33.9. The Bertz CT molecular complexity index is 1380. The molecule has 7 rings (SSSR count). The predicted octanol–water partition coefficient (Wildman–Crippen LogP) is 0.969. The fraction of sp³-hybridized carbons (Fsp3) is 1.00. The Hall–Kier alpha value is -0.560. The van der Waals surface area contributed by atoms with E-state index in [-0.39, 0.29) is 46.5 Å². The third-order valence-corrected chi connectivity index (χ3v) is 16.6. The van der Waals surface area contributed by atoms with Crippen LogP contribution in [0, 0.1) is 45.8 Å². The molecule has 0 aromatic heterocycles. The van der Waals surface area contributed by atoms with Gasteiger partial charge in [-0.25, -0.2) is 0 Å². The van der Waals surface area contributed by atoms with Gasteiger partial charge in [0.25, 0.3) is 0 Å². The van der Waals surface area contributed by atoms with Crippen LogP contribution >= 0.6 is 0 Å². The number of aliphatic hydroxyl groups is 9. The molecule has 3 heterocycles. The van der Waals surface area contributed by atoms with Gasteiger partial charge in [0.05, 0.1) is 48.3 Å². The van der Waals surface area contributed by atoms with Crippen molar-refractivity contribution in [3.63, 3.8) is 0 Å². The molecule has 0 amide bonds. The summed E-state index contributed by atoms with van der Waals surface area (Å²) in [5.74, 6) is -0.0280. The molecule has 7 aliphatic rings. The molecule has 7 fully saturated rings. The molecular weight excluding hydrogens is 716 g/mol. The summed E-state index contributed by atoms with van der Waals surface area (Å²) in [5.41, 5.74) is -2.81. The first-order chi connectivity index (χ1) is 25.5. The molecule has 14 nitrogen and oxygen atoms in total. The summed E-state index contributed by atoms with van der Waals surface area (Å²) in [6.07, 6.45) is -10.7. The summed E-state index contributed by atoms with van der Waals surface area (Å²) in [5, 5.41) is 99.1. The van der Waals surface area contributed by atoms with Crippen LogP contribution in [-0.2, 0) is 23.7 Å². The van der Waals surface area contributed by atoms with Crippen LogP contribution in [0.4, 0.5) is 0 Å². The average Bonchev–Trinajstić information content (AvgIpc) is 3.70. The molecular formula is C41H70O14. The number of fused-ring (bicyclic) bond motifs is 5. The van der Waals surface area contributed by atoms with Crippen LogP contribution in [0.2, 0.25) is 0 Å². The topological polar surface area (TPSA) is 228 Å². The molecule has 0 spiro atoms. The molecule has 0 bridgehead atoms. The van der Waals surface area contributed by atoms with Gasteiger partial charge in [-0.1, -0.05) is 27.7 Å². The van der Waals surface area contributed by atoms with Crippen LogP contribution in [0.25, 0.3) is 0 Å². The second kappa shape index (κ2) is 14.6. The molecule has 0 aromatic carbocycles. The first kappa shape index (κ1) is 42.6. The standard InChI is InChI=1S/C41H70O14/c1-18-28(45)30(47)32(49)35(51-18)54-33-31(48)29(46)24(17-42)53-36(33)52-23-16-21-20(40(7)13-10-25(44)37(2,3)34(23)40)15-22(43)27-19(9-12-39(21,27)6)41(8)14-11-26(55-41)38(4,5)50/h18-36,42-50H,9-17H2,1-8H3/t18-,19-,20?,21?,22-,23+,24+,25?,26+,27+,28-,29+,30+,31-,32+,33+,34?,35-,36+,39+,40+,41-/m0/s1. The van der Waals surface area contributed by atoms with Crippen molar-refractivity contribution in [1.29, 1.82) is 0 Å². The third-order valence-electron chi connectivity index (χ3n) is 16.6. The van der Waals surface area contributed by atoms with Gasteiger partial charge in [-0.2, -0.15) is 0 Å². The summed E-state index contributed by atoms with van der Waals surface area (Å²) < 4.78 is 31.8. The van der Waals surface area contributed by atoms with Crippen LogP contribution in [0.5, 0.6) is 0 Å². The van der Waals surface area contributed by atoms with Crippen LogP contribution in [0.3, 0.4) is 0 Å². The van der Waals surface area contributed by atoms with Gasteiger partial charge in [0.1, 0.15) is 42.7 Å². The molecule has 4 saturated carbocycles. The summed E-state index contributed by atoms with van der Waals surface area (Å²) >= 11 is 0. The Kier molecular flexibility index (Phi) is 11.3. The zero-order chi connectivity index (χ0) is 40.4. The summed E-state index contributed by atoms with van der Waals surface area (Å²) in [6, 6.07) is 0. The van der Waals surface area contributed by atoms with E-state index in [0.717, 1.165) is 25.7 Å². The fourth-order valence-electron chi connectivity index (χ4n) is 13.6. The molecule has 318 valence electrons. The Balaban J connectivity index is 1.23. The zero-order valence-corrected chi connectivity index (χ0v) is 33.9. The Morgan fingerprint density at radius 1 is 0.691 bits per heavy atom. The smallest absolute Gasteiger partial charge is 0.187 e. The number of hydrogen-bond acceptors (Lipinski definition) is 14. The maximum Gasteiger partial charge on any atom is 0.187 e. The van der Waals surface area contributed by atoms with Gasteiger partial charge in [-0.3, -0.25) is 0 Å². The second-order valence-corrected chi connectivity index (χ2v) is 20.6. The first-order valence-corrected chi connectivity index (χ1v) is 20.9. The minimum absolute atomic E-state index is 0.0613. The van der Waals surface area contributed by atoms with E-state index >= 15 is 0 Å². The first-order valence-electron chi connectivity index (χ1n) is 20.9. The fourth-order valence-corrected chi connectivity index (χ4v) is 13.6. The van der Waals surface area contributed by atoms with Gasteiger partial charge >= 0.3 is 0 Å². The SMILES string of the molecule is C[C@@H]1O[C@@H](O[C@H]2[C@H](O[C@@H]3CC4C(C[C@H](O)[C@H]5[C@@H]([C@]6(C)CC[C@H](C(C)(C)O)O6)CC[C@]45C)[C@@]4(C)CCC(O)C(C)(C)C34)O[C@H](CO)[C@@H](O)[C@@H]2O)[C@H](O)[C@H](O)[C@H]1O. The Morgan fingerprint density at radius 2 is 1.35 bits per heavy atom. The van der Waals surface area contributed by atoms with Crippen molar-refractivity contribution in [2.45, 2.75) is 204 Å². The monoisotopic (exact) mass is 786 g/mol. The van der Waals surface area contributed by atoms with Gasteiger partial charge in [0, 0.05) is 0 Å². The van der Waals surface area contributed by atoms with Crippen LogP contribution in [0.1, 0.15) is 107 Å². The lowest BCUT2D eigenvalue weighted by molar-refractivity contribution is -0.379. The summed E-state index contributed by atoms with van der Waals surface area (Å²) in [6.45, 7) is 15.3. The van der Waals surface area contributed by atoms with Crippen molar-refractivity contribution in [3.8, 4) is 0 Å². The highest BCUT2D eigenvalue weighted by atomic mass is 16.8. The lowest BCUT2D eigenvalue weighted by Gasteiger charge is -2.68. The van der Waals surface area contributed by atoms with E-state index in [2.05, 4.69) is 20.8 Å². The van der Waals surface area contributed by atoms with Crippen molar-refractivity contribution >= 4 is 0 Å². The molecule has 22 atom stereocenters. The van der Waals surface area contributed by atoms with Crippen LogP contribution < -0.4 is 0 Å². The van der Waals surface area contributed by atoms with Gasteiger partial charge < -0.3 is 69.6 Å². The molecule has 0 radical (unpaired) electrons. The predicted molar refractivity (Wildman–Crippen MR) is 196 cm³/mol. The Labute approximate surface area is 325 Å². The minimum atomic E-state index is -1.69. The lowest BCUT2D eigenvalue weighted by atomic mass is 9.39. The summed E-state index contributed by atoms with van der Waals surface area (Å²) in [4.78, 5) is 0. The van der Waals surface area contributed by atoms with E-state index in [4.69, 9.17) is 23.7 Å². The lowest BCUT2D eigenvalue weighted by Crippen LogP contribution is -2.68. The van der Waals surface area contributed by atoms with E-state index in [1.165, 1.54) is 6.92 Å². The van der Waals surface area contributed by atoms with Crippen molar-refractivity contribution in [2.75, 3.05) is 6.61 Å². The highest BCUT2D eigenvalue weighted by molar-refractivity contribution is 5.18. The third kappa shape index (κ3) is 6.78. The molecule has 4 aliphatic carbocycles. The largest absolute Gasteiger partial charge is 0.394 e. The Morgan fingerprint density at radius 3 is 1.98 bits per heavy atom. The van der Waals surface area contributed by atoms with Gasteiger partial charge in [0.15, 0.2) is 12.6 Å². The average molecular weight is 787 g/mol. The van der Waals surface area contributed by atoms with E-state index in [1.807, 2.05) is 13.8 Å². The quantitative estimate of drug-likeness (QED) is 0.164. The molecule has 4 unspecified atom stereocenters. The maximum absolute atomic E-state index is 12.3. The van der Waals surface area contributed by atoms with E-state index in [9.17, 15) is 46.0 Å². The number of hydrogen-bond donors (Lipinski definition) is 9. The summed E-state index contributed by atoms with van der Waals surface area (Å²) in [7, 11) is 0. The van der Waals surface area contributed by atoms with Crippen LogP contribution in [0.15, 0.2) is 0 Å². The van der Waals surface area contributed by atoms with E-state index < -0.39 is 103 Å². The number of aliphatic hydroxyl groups excluding tert-OH is 8. The normalized spacial score (nSPS) is 56.8. The molecule has 3 aliphatic heterocycles.